The minimum absolute atomic E-state index is 0.175. The van der Waals surface area contributed by atoms with Crippen molar-refractivity contribution in [3.63, 3.8) is 0 Å². The summed E-state index contributed by atoms with van der Waals surface area (Å²) in [5.74, 6) is -2.71. The second kappa shape index (κ2) is 5.74. The molecule has 2 aromatic rings. The van der Waals surface area contributed by atoms with E-state index in [1.54, 1.807) is 12.3 Å². The smallest absolute Gasteiger partial charge is 0.133 e. The first-order valence-electron chi connectivity index (χ1n) is 5.68. The van der Waals surface area contributed by atoms with E-state index in [4.69, 9.17) is 0 Å². The first-order chi connectivity index (χ1) is 8.99. The SMILES string of the molecule is Cc1cccnc1CC(Br)c1c(F)cc(F)cc1F. The number of alkyl halides is 1. The average molecular weight is 330 g/mol. The highest BCUT2D eigenvalue weighted by Gasteiger charge is 2.20. The summed E-state index contributed by atoms with van der Waals surface area (Å²) >= 11 is 3.24. The molecule has 0 N–H and O–H groups in total. The molecule has 0 saturated heterocycles. The fraction of sp³-hybridized carbons (Fsp3) is 0.214. The Labute approximate surface area is 117 Å². The van der Waals surface area contributed by atoms with Gasteiger partial charge in [-0.2, -0.15) is 0 Å². The summed E-state index contributed by atoms with van der Waals surface area (Å²) in [6, 6.07) is 5.02. The highest BCUT2D eigenvalue weighted by atomic mass is 79.9. The van der Waals surface area contributed by atoms with Gasteiger partial charge in [0.1, 0.15) is 17.5 Å². The van der Waals surface area contributed by atoms with Crippen molar-refractivity contribution in [2.75, 3.05) is 0 Å². The molecule has 0 amide bonds. The van der Waals surface area contributed by atoms with Crippen LogP contribution in [0.5, 0.6) is 0 Å². The third kappa shape index (κ3) is 3.15. The molecule has 0 aliphatic heterocycles. The van der Waals surface area contributed by atoms with Crippen LogP contribution in [0.25, 0.3) is 0 Å². The zero-order valence-electron chi connectivity index (χ0n) is 10.1. The number of halogens is 4. The minimum atomic E-state index is -0.924. The lowest BCUT2D eigenvalue weighted by molar-refractivity contribution is 0.522. The Morgan fingerprint density at radius 2 is 1.84 bits per heavy atom. The lowest BCUT2D eigenvalue weighted by atomic mass is 10.0. The van der Waals surface area contributed by atoms with Crippen LogP contribution in [-0.4, -0.2) is 4.98 Å². The Hall–Kier alpha value is -1.36. The van der Waals surface area contributed by atoms with Gasteiger partial charge < -0.3 is 0 Å². The fourth-order valence-corrected chi connectivity index (χ4v) is 2.60. The van der Waals surface area contributed by atoms with Crippen LogP contribution in [0, 0.1) is 24.4 Å². The second-order valence-corrected chi connectivity index (χ2v) is 5.33. The number of benzene rings is 1. The highest BCUT2D eigenvalue weighted by molar-refractivity contribution is 9.09. The lowest BCUT2D eigenvalue weighted by Crippen LogP contribution is -2.05. The first-order valence-corrected chi connectivity index (χ1v) is 6.59. The predicted octanol–water partition coefficient (Wildman–Crippen LogP) is 4.49. The van der Waals surface area contributed by atoms with E-state index in [0.29, 0.717) is 18.6 Å². The summed E-state index contributed by atoms with van der Waals surface area (Å²) in [6.07, 6.45) is 1.95. The van der Waals surface area contributed by atoms with Crippen LogP contribution in [0.4, 0.5) is 13.2 Å². The quantitative estimate of drug-likeness (QED) is 0.756. The number of rotatable bonds is 3. The predicted molar refractivity (Wildman–Crippen MR) is 70.7 cm³/mol. The summed E-state index contributed by atoms with van der Waals surface area (Å²) < 4.78 is 40.1. The van der Waals surface area contributed by atoms with Gasteiger partial charge in [0, 0.05) is 36.0 Å². The Morgan fingerprint density at radius 1 is 1.21 bits per heavy atom. The Kier molecular flexibility index (Phi) is 4.24. The molecular weight excluding hydrogens is 319 g/mol. The molecule has 1 heterocycles. The van der Waals surface area contributed by atoms with Crippen molar-refractivity contribution in [1.82, 2.24) is 4.98 Å². The molecular formula is C14H11BrF3N. The summed E-state index contributed by atoms with van der Waals surface area (Å²) in [5.41, 5.74) is 1.51. The van der Waals surface area contributed by atoms with E-state index in [-0.39, 0.29) is 5.56 Å². The molecule has 1 nitrogen and oxygen atoms in total. The second-order valence-electron chi connectivity index (χ2n) is 4.22. The number of aromatic nitrogens is 1. The third-order valence-corrected chi connectivity index (χ3v) is 3.63. The van der Waals surface area contributed by atoms with Crippen molar-refractivity contribution in [1.29, 1.82) is 0 Å². The monoisotopic (exact) mass is 329 g/mol. The van der Waals surface area contributed by atoms with Crippen molar-refractivity contribution in [2.24, 2.45) is 0 Å². The van der Waals surface area contributed by atoms with Crippen molar-refractivity contribution >= 4 is 15.9 Å². The summed E-state index contributed by atoms with van der Waals surface area (Å²) in [7, 11) is 0. The van der Waals surface area contributed by atoms with Gasteiger partial charge in [-0.1, -0.05) is 22.0 Å². The molecule has 0 aliphatic rings. The van der Waals surface area contributed by atoms with Gasteiger partial charge >= 0.3 is 0 Å². The number of hydrogen-bond acceptors (Lipinski definition) is 1. The summed E-state index contributed by atoms with van der Waals surface area (Å²) in [6.45, 7) is 1.87. The third-order valence-electron chi connectivity index (χ3n) is 2.85. The van der Waals surface area contributed by atoms with Gasteiger partial charge in [-0.05, 0) is 18.6 Å². The maximum Gasteiger partial charge on any atom is 0.133 e. The molecule has 0 spiro atoms. The van der Waals surface area contributed by atoms with Crippen LogP contribution in [0.3, 0.4) is 0 Å². The van der Waals surface area contributed by atoms with Crippen LogP contribution >= 0.6 is 15.9 Å². The molecule has 2 rings (SSSR count). The molecule has 1 unspecified atom stereocenters. The van der Waals surface area contributed by atoms with E-state index in [1.165, 1.54) is 0 Å². The minimum Gasteiger partial charge on any atom is -0.261 e. The van der Waals surface area contributed by atoms with Crippen molar-refractivity contribution in [2.45, 2.75) is 18.2 Å². The molecule has 1 aromatic heterocycles. The van der Waals surface area contributed by atoms with E-state index in [9.17, 15) is 13.2 Å². The van der Waals surface area contributed by atoms with Crippen molar-refractivity contribution in [3.05, 3.63) is 64.7 Å². The number of pyridine rings is 1. The maximum atomic E-state index is 13.6. The zero-order valence-corrected chi connectivity index (χ0v) is 11.7. The normalized spacial score (nSPS) is 12.5. The van der Waals surface area contributed by atoms with E-state index in [2.05, 4.69) is 20.9 Å². The van der Waals surface area contributed by atoms with E-state index in [0.717, 1.165) is 11.3 Å². The van der Waals surface area contributed by atoms with Crippen molar-refractivity contribution < 1.29 is 13.2 Å². The highest BCUT2D eigenvalue weighted by Crippen LogP contribution is 2.31. The van der Waals surface area contributed by atoms with Gasteiger partial charge in [0.25, 0.3) is 0 Å². The number of nitrogens with zero attached hydrogens (tertiary/aromatic N) is 1. The lowest BCUT2D eigenvalue weighted by Gasteiger charge is -2.13. The van der Waals surface area contributed by atoms with Crippen molar-refractivity contribution in [3.8, 4) is 0 Å². The Morgan fingerprint density at radius 3 is 2.42 bits per heavy atom. The number of hydrogen-bond donors (Lipinski definition) is 0. The number of aryl methyl sites for hydroxylation is 1. The van der Waals surface area contributed by atoms with Gasteiger partial charge in [-0.3, -0.25) is 4.98 Å². The van der Waals surface area contributed by atoms with Crippen LogP contribution < -0.4 is 0 Å². The Balaban J connectivity index is 2.31. The standard InChI is InChI=1S/C14H11BrF3N/c1-8-3-2-4-19-13(8)7-10(15)14-11(17)5-9(16)6-12(14)18/h2-6,10H,7H2,1H3. The average Bonchev–Trinajstić information content (AvgIpc) is 2.30. The molecule has 1 atom stereocenters. The largest absolute Gasteiger partial charge is 0.261 e. The van der Waals surface area contributed by atoms with Crippen LogP contribution in [0.2, 0.25) is 0 Å². The topological polar surface area (TPSA) is 12.9 Å². The van der Waals surface area contributed by atoms with Gasteiger partial charge in [0.15, 0.2) is 0 Å². The van der Waals surface area contributed by atoms with E-state index in [1.807, 2.05) is 13.0 Å². The molecule has 0 radical (unpaired) electrons. The molecule has 0 aliphatic carbocycles. The Bertz CT molecular complexity index is 578. The van der Waals surface area contributed by atoms with Gasteiger partial charge in [-0.15, -0.1) is 0 Å². The maximum absolute atomic E-state index is 13.6. The molecule has 100 valence electrons. The fourth-order valence-electron chi connectivity index (χ4n) is 1.86. The van der Waals surface area contributed by atoms with E-state index >= 15 is 0 Å². The summed E-state index contributed by atoms with van der Waals surface area (Å²) in [4.78, 5) is 3.58. The molecule has 5 heteroatoms. The zero-order chi connectivity index (χ0) is 14.0. The van der Waals surface area contributed by atoms with Crippen LogP contribution in [0.1, 0.15) is 21.6 Å². The molecule has 19 heavy (non-hydrogen) atoms. The van der Waals surface area contributed by atoms with Gasteiger partial charge in [0.05, 0.1) is 4.83 Å². The van der Waals surface area contributed by atoms with Crippen LogP contribution in [0.15, 0.2) is 30.5 Å². The van der Waals surface area contributed by atoms with E-state index < -0.39 is 22.3 Å². The van der Waals surface area contributed by atoms with Crippen LogP contribution in [-0.2, 0) is 6.42 Å². The molecule has 0 saturated carbocycles. The van der Waals surface area contributed by atoms with Gasteiger partial charge in [0.2, 0.25) is 0 Å². The molecule has 0 fully saturated rings. The first kappa shape index (κ1) is 14.1. The molecule has 0 bridgehead atoms. The van der Waals surface area contributed by atoms with Gasteiger partial charge in [-0.25, -0.2) is 13.2 Å². The molecule has 1 aromatic carbocycles. The summed E-state index contributed by atoms with van der Waals surface area (Å²) in [5, 5.41) is 0.